The first kappa shape index (κ1) is 19.9. The minimum atomic E-state index is 0.698. The van der Waals surface area contributed by atoms with Gasteiger partial charge in [0, 0.05) is 41.8 Å². The Morgan fingerprint density at radius 3 is 2.34 bits per heavy atom. The summed E-state index contributed by atoms with van der Waals surface area (Å²) in [6.07, 6.45) is 5.59. The average molecular weight is 417 g/mol. The summed E-state index contributed by atoms with van der Waals surface area (Å²) in [5, 5.41) is 5.58. The molecule has 0 radical (unpaired) electrons. The number of aromatic nitrogens is 3. The van der Waals surface area contributed by atoms with Gasteiger partial charge in [0.2, 0.25) is 0 Å². The van der Waals surface area contributed by atoms with Gasteiger partial charge >= 0.3 is 0 Å². The largest absolute Gasteiger partial charge is 0.365 e. The van der Waals surface area contributed by atoms with E-state index in [-0.39, 0.29) is 0 Å². The van der Waals surface area contributed by atoms with Crippen LogP contribution in [0.4, 0.5) is 5.82 Å². The van der Waals surface area contributed by atoms with Gasteiger partial charge in [-0.05, 0) is 60.2 Å². The maximum atomic E-state index is 4.65. The highest BCUT2D eigenvalue weighted by atomic mass is 15.0. The summed E-state index contributed by atoms with van der Waals surface area (Å²) in [4.78, 5) is 13.6. The first-order chi connectivity index (χ1) is 15.7. The Balaban J connectivity index is 1.34. The van der Waals surface area contributed by atoms with Crippen LogP contribution in [0, 0.1) is 13.8 Å². The van der Waals surface area contributed by atoms with Gasteiger partial charge in [0.1, 0.15) is 5.82 Å². The predicted molar refractivity (Wildman–Crippen MR) is 131 cm³/mol. The number of benzene rings is 2. The van der Waals surface area contributed by atoms with Gasteiger partial charge in [0.15, 0.2) is 0 Å². The number of nitrogens with zero attached hydrogens (tertiary/aromatic N) is 3. The van der Waals surface area contributed by atoms with Gasteiger partial charge in [-0.1, -0.05) is 54.1 Å². The first-order valence-electron chi connectivity index (χ1n) is 10.7. The second-order valence-electron chi connectivity index (χ2n) is 8.06. The van der Waals surface area contributed by atoms with Crippen molar-refractivity contribution in [1.82, 2.24) is 15.0 Å². The van der Waals surface area contributed by atoms with Crippen molar-refractivity contribution in [2.24, 2.45) is 0 Å². The minimum absolute atomic E-state index is 0.698. The zero-order valence-electron chi connectivity index (χ0n) is 18.2. The SMILES string of the molecule is Cc1cccc(-c2ccc(CNc3nccc4cc(-c5ccc(C)nc5)ncc34)cc2)c1. The van der Waals surface area contributed by atoms with Crippen molar-refractivity contribution in [3.05, 3.63) is 108 Å². The van der Waals surface area contributed by atoms with Crippen LogP contribution in [0.3, 0.4) is 0 Å². The molecule has 32 heavy (non-hydrogen) atoms. The zero-order chi connectivity index (χ0) is 21.9. The number of fused-ring (bicyclic) bond motifs is 1. The molecule has 0 saturated carbocycles. The van der Waals surface area contributed by atoms with Crippen LogP contribution in [0.5, 0.6) is 0 Å². The lowest BCUT2D eigenvalue weighted by Crippen LogP contribution is -2.02. The van der Waals surface area contributed by atoms with Crippen LogP contribution >= 0.6 is 0 Å². The highest BCUT2D eigenvalue weighted by Crippen LogP contribution is 2.26. The lowest BCUT2D eigenvalue weighted by atomic mass is 10.0. The Kier molecular flexibility index (Phi) is 5.34. The second kappa shape index (κ2) is 8.60. The molecule has 0 bridgehead atoms. The van der Waals surface area contributed by atoms with Gasteiger partial charge in [-0.15, -0.1) is 0 Å². The quantitative estimate of drug-likeness (QED) is 0.351. The van der Waals surface area contributed by atoms with Crippen molar-refractivity contribution in [3.8, 4) is 22.4 Å². The van der Waals surface area contributed by atoms with E-state index in [1.165, 1.54) is 22.3 Å². The maximum absolute atomic E-state index is 4.65. The van der Waals surface area contributed by atoms with Crippen molar-refractivity contribution < 1.29 is 0 Å². The molecular formula is C28H24N4. The van der Waals surface area contributed by atoms with Crippen LogP contribution in [0.2, 0.25) is 0 Å². The maximum Gasteiger partial charge on any atom is 0.135 e. The molecule has 1 N–H and O–H groups in total. The summed E-state index contributed by atoms with van der Waals surface area (Å²) in [5.74, 6) is 0.839. The van der Waals surface area contributed by atoms with Gasteiger partial charge in [-0.3, -0.25) is 9.97 Å². The Morgan fingerprint density at radius 1 is 0.719 bits per heavy atom. The van der Waals surface area contributed by atoms with Crippen LogP contribution in [0.25, 0.3) is 33.2 Å². The predicted octanol–water partition coefficient (Wildman–Crippen LogP) is 6.59. The van der Waals surface area contributed by atoms with Crippen molar-refractivity contribution >= 4 is 16.6 Å². The normalized spacial score (nSPS) is 10.9. The van der Waals surface area contributed by atoms with E-state index in [9.17, 15) is 0 Å². The minimum Gasteiger partial charge on any atom is -0.365 e. The molecule has 0 spiro atoms. The smallest absolute Gasteiger partial charge is 0.135 e. The molecule has 0 amide bonds. The summed E-state index contributed by atoms with van der Waals surface area (Å²) in [7, 11) is 0. The molecule has 0 aliphatic rings. The monoisotopic (exact) mass is 416 g/mol. The van der Waals surface area contributed by atoms with Crippen LogP contribution in [-0.4, -0.2) is 15.0 Å². The van der Waals surface area contributed by atoms with Crippen LogP contribution in [0.1, 0.15) is 16.8 Å². The lowest BCUT2D eigenvalue weighted by molar-refractivity contribution is 1.12. The average Bonchev–Trinajstić information content (AvgIpc) is 2.83. The van der Waals surface area contributed by atoms with E-state index in [0.717, 1.165) is 33.5 Å². The van der Waals surface area contributed by atoms with E-state index >= 15 is 0 Å². The van der Waals surface area contributed by atoms with Crippen LogP contribution in [-0.2, 0) is 6.54 Å². The first-order valence-corrected chi connectivity index (χ1v) is 10.7. The van der Waals surface area contributed by atoms with E-state index in [1.54, 1.807) is 0 Å². The molecule has 5 rings (SSSR count). The van der Waals surface area contributed by atoms with Crippen LogP contribution < -0.4 is 5.32 Å². The van der Waals surface area contributed by atoms with Crippen molar-refractivity contribution in [1.29, 1.82) is 0 Å². The number of hydrogen-bond acceptors (Lipinski definition) is 4. The Morgan fingerprint density at radius 2 is 1.56 bits per heavy atom. The highest BCUT2D eigenvalue weighted by Gasteiger charge is 2.07. The molecule has 0 aliphatic carbocycles. The van der Waals surface area contributed by atoms with E-state index in [1.807, 2.05) is 37.6 Å². The highest BCUT2D eigenvalue weighted by molar-refractivity contribution is 5.93. The number of pyridine rings is 3. The topological polar surface area (TPSA) is 50.7 Å². The molecule has 3 heterocycles. The molecule has 4 nitrogen and oxygen atoms in total. The third-order valence-corrected chi connectivity index (χ3v) is 5.62. The van der Waals surface area contributed by atoms with E-state index in [4.69, 9.17) is 0 Å². The molecule has 3 aromatic heterocycles. The Bertz CT molecular complexity index is 1370. The molecule has 0 unspecified atom stereocenters. The molecular weight excluding hydrogens is 392 g/mol. The molecule has 0 aliphatic heterocycles. The second-order valence-corrected chi connectivity index (χ2v) is 8.06. The lowest BCUT2D eigenvalue weighted by Gasteiger charge is -2.10. The Labute approximate surface area is 188 Å². The summed E-state index contributed by atoms with van der Waals surface area (Å²) in [5.41, 5.74) is 7.86. The van der Waals surface area contributed by atoms with E-state index in [0.29, 0.717) is 6.54 Å². The fraction of sp³-hybridized carbons (Fsp3) is 0.107. The number of nitrogens with one attached hydrogen (secondary N) is 1. The summed E-state index contributed by atoms with van der Waals surface area (Å²) in [6, 6.07) is 25.4. The van der Waals surface area contributed by atoms with Gasteiger partial charge in [0.25, 0.3) is 0 Å². The molecule has 4 heteroatoms. The number of anilines is 1. The molecule has 156 valence electrons. The summed E-state index contributed by atoms with van der Waals surface area (Å²) >= 11 is 0. The molecule has 0 fully saturated rings. The standard InChI is InChI=1S/C28H24N4/c1-19-4-3-5-23(14-19)22-10-7-21(8-11-22)16-32-28-26-18-31-27(15-24(26)12-13-29-28)25-9-6-20(2)30-17-25/h3-15,17-18H,16H2,1-2H3,(H,29,32). The van der Waals surface area contributed by atoms with E-state index in [2.05, 4.69) is 87.9 Å². The molecule has 0 atom stereocenters. The van der Waals surface area contributed by atoms with E-state index < -0.39 is 0 Å². The summed E-state index contributed by atoms with van der Waals surface area (Å²) < 4.78 is 0. The van der Waals surface area contributed by atoms with Gasteiger partial charge in [0.05, 0.1) is 5.69 Å². The van der Waals surface area contributed by atoms with Crippen molar-refractivity contribution in [3.63, 3.8) is 0 Å². The zero-order valence-corrected chi connectivity index (χ0v) is 18.2. The number of rotatable bonds is 5. The molecule has 5 aromatic rings. The van der Waals surface area contributed by atoms with Crippen molar-refractivity contribution in [2.45, 2.75) is 20.4 Å². The fourth-order valence-corrected chi connectivity index (χ4v) is 3.81. The van der Waals surface area contributed by atoms with Gasteiger partial charge in [-0.25, -0.2) is 4.98 Å². The number of aryl methyl sites for hydroxylation is 2. The third-order valence-electron chi connectivity index (χ3n) is 5.62. The Hall–Kier alpha value is -4.05. The fourth-order valence-electron chi connectivity index (χ4n) is 3.81. The molecule has 0 saturated heterocycles. The number of hydrogen-bond donors (Lipinski definition) is 1. The molecule has 2 aromatic carbocycles. The summed E-state index contributed by atoms with van der Waals surface area (Å²) in [6.45, 7) is 4.80. The van der Waals surface area contributed by atoms with Gasteiger partial charge < -0.3 is 5.32 Å². The van der Waals surface area contributed by atoms with Crippen molar-refractivity contribution in [2.75, 3.05) is 5.32 Å². The van der Waals surface area contributed by atoms with Crippen LogP contribution in [0.15, 0.2) is 91.4 Å². The van der Waals surface area contributed by atoms with Gasteiger partial charge in [-0.2, -0.15) is 0 Å². The third kappa shape index (κ3) is 4.21.